The van der Waals surface area contributed by atoms with Crippen LogP contribution in [0.15, 0.2) is 42.5 Å². The molecule has 3 rings (SSSR count). The molecule has 1 aliphatic heterocycles. The average Bonchev–Trinajstić information content (AvgIpc) is 3.04. The predicted octanol–water partition coefficient (Wildman–Crippen LogP) is 5.39. The standard InChI is InChI=1S/C20H19ClF3NO2/c21-19-14(3-1-5-17(19)20(22,23)24)11-13-6-8-15(9-7-13)25-10-2-4-16(25)12-18(26)27/h1,3,5-9,16H,2,4,10-12H2,(H,26,27). The largest absolute Gasteiger partial charge is 0.481 e. The topological polar surface area (TPSA) is 40.5 Å². The Morgan fingerprint density at radius 1 is 1.19 bits per heavy atom. The molecule has 144 valence electrons. The van der Waals surface area contributed by atoms with Crippen molar-refractivity contribution in [3.63, 3.8) is 0 Å². The van der Waals surface area contributed by atoms with E-state index in [1.807, 2.05) is 24.3 Å². The number of carbonyl (C=O) groups is 1. The van der Waals surface area contributed by atoms with Crippen LogP contribution >= 0.6 is 11.6 Å². The van der Waals surface area contributed by atoms with Crippen LogP contribution in [0.25, 0.3) is 0 Å². The molecule has 1 saturated heterocycles. The van der Waals surface area contributed by atoms with Crippen LogP contribution in [-0.4, -0.2) is 23.7 Å². The summed E-state index contributed by atoms with van der Waals surface area (Å²) in [6.45, 7) is 0.802. The van der Waals surface area contributed by atoms with Crippen molar-refractivity contribution >= 4 is 23.3 Å². The van der Waals surface area contributed by atoms with Crippen molar-refractivity contribution in [3.05, 3.63) is 64.2 Å². The van der Waals surface area contributed by atoms with Gasteiger partial charge in [0.05, 0.1) is 17.0 Å². The number of anilines is 1. The van der Waals surface area contributed by atoms with Crippen molar-refractivity contribution in [2.24, 2.45) is 0 Å². The molecule has 1 heterocycles. The van der Waals surface area contributed by atoms with E-state index in [4.69, 9.17) is 16.7 Å². The predicted molar refractivity (Wildman–Crippen MR) is 98.3 cm³/mol. The Morgan fingerprint density at radius 2 is 1.89 bits per heavy atom. The van der Waals surface area contributed by atoms with Crippen molar-refractivity contribution in [3.8, 4) is 0 Å². The van der Waals surface area contributed by atoms with Crippen LogP contribution in [0.2, 0.25) is 5.02 Å². The second kappa shape index (κ2) is 7.80. The van der Waals surface area contributed by atoms with E-state index in [1.165, 1.54) is 6.07 Å². The SMILES string of the molecule is O=C(O)CC1CCCN1c1ccc(Cc2cccc(C(F)(F)F)c2Cl)cc1. The van der Waals surface area contributed by atoms with E-state index < -0.39 is 17.7 Å². The highest BCUT2D eigenvalue weighted by Crippen LogP contribution is 2.37. The zero-order valence-electron chi connectivity index (χ0n) is 14.5. The molecule has 0 amide bonds. The molecule has 0 aliphatic carbocycles. The van der Waals surface area contributed by atoms with Gasteiger partial charge in [0.2, 0.25) is 0 Å². The lowest BCUT2D eigenvalue weighted by molar-refractivity contribution is -0.138. The fourth-order valence-electron chi connectivity index (χ4n) is 3.55. The molecule has 27 heavy (non-hydrogen) atoms. The molecule has 0 saturated carbocycles. The number of hydrogen-bond acceptors (Lipinski definition) is 2. The molecule has 1 fully saturated rings. The number of carboxylic acid groups (broad SMARTS) is 1. The minimum Gasteiger partial charge on any atom is -0.481 e. The molecule has 1 aliphatic rings. The zero-order chi connectivity index (χ0) is 19.6. The smallest absolute Gasteiger partial charge is 0.417 e. The maximum absolute atomic E-state index is 13.0. The quantitative estimate of drug-likeness (QED) is 0.735. The molecular weight excluding hydrogens is 379 g/mol. The second-order valence-corrected chi connectivity index (χ2v) is 7.08. The minimum absolute atomic E-state index is 0.0220. The van der Waals surface area contributed by atoms with E-state index in [0.717, 1.165) is 36.7 Å². The van der Waals surface area contributed by atoms with E-state index in [0.29, 0.717) is 12.0 Å². The third kappa shape index (κ3) is 4.56. The van der Waals surface area contributed by atoms with Gasteiger partial charge >= 0.3 is 12.1 Å². The molecule has 0 aromatic heterocycles. The summed E-state index contributed by atoms with van der Waals surface area (Å²) in [5.41, 5.74) is 1.36. The van der Waals surface area contributed by atoms with Crippen LogP contribution in [0.5, 0.6) is 0 Å². The molecule has 0 spiro atoms. The molecule has 3 nitrogen and oxygen atoms in total. The van der Waals surface area contributed by atoms with Crippen molar-refractivity contribution in [2.75, 3.05) is 11.4 Å². The summed E-state index contributed by atoms with van der Waals surface area (Å²) in [6, 6.07) is 11.4. The Hall–Kier alpha value is -2.21. The molecule has 1 N–H and O–H groups in total. The highest BCUT2D eigenvalue weighted by atomic mass is 35.5. The lowest BCUT2D eigenvalue weighted by Crippen LogP contribution is -2.31. The van der Waals surface area contributed by atoms with Crippen LogP contribution in [0.4, 0.5) is 18.9 Å². The van der Waals surface area contributed by atoms with E-state index in [1.54, 1.807) is 6.07 Å². The molecular formula is C20H19ClF3NO2. The van der Waals surface area contributed by atoms with E-state index in [2.05, 4.69) is 4.90 Å². The third-order valence-corrected chi connectivity index (χ3v) is 5.28. The minimum atomic E-state index is -4.48. The second-order valence-electron chi connectivity index (χ2n) is 6.71. The molecule has 1 atom stereocenters. The summed E-state index contributed by atoms with van der Waals surface area (Å²) in [5.74, 6) is -0.817. The van der Waals surface area contributed by atoms with E-state index >= 15 is 0 Å². The van der Waals surface area contributed by atoms with Crippen LogP contribution in [-0.2, 0) is 17.4 Å². The summed E-state index contributed by atoms with van der Waals surface area (Å²) < 4.78 is 39.0. The summed E-state index contributed by atoms with van der Waals surface area (Å²) in [5, 5.41) is 8.76. The Morgan fingerprint density at radius 3 is 2.52 bits per heavy atom. The van der Waals surface area contributed by atoms with Gasteiger partial charge in [-0.15, -0.1) is 0 Å². The first kappa shape index (κ1) is 19.5. The molecule has 0 radical (unpaired) electrons. The third-order valence-electron chi connectivity index (χ3n) is 4.83. The lowest BCUT2D eigenvalue weighted by atomic mass is 10.0. The molecule has 2 aromatic carbocycles. The Balaban J connectivity index is 1.76. The van der Waals surface area contributed by atoms with Gasteiger partial charge in [0.1, 0.15) is 0 Å². The van der Waals surface area contributed by atoms with Crippen molar-refractivity contribution in [1.29, 1.82) is 0 Å². The monoisotopic (exact) mass is 397 g/mol. The summed E-state index contributed by atoms with van der Waals surface area (Å²) in [6.07, 6.45) is -2.30. The van der Waals surface area contributed by atoms with Gasteiger partial charge in [-0.2, -0.15) is 13.2 Å². The summed E-state index contributed by atoms with van der Waals surface area (Å²) in [4.78, 5) is 13.1. The number of halogens is 4. The van der Waals surface area contributed by atoms with Gasteiger partial charge in [0, 0.05) is 18.3 Å². The van der Waals surface area contributed by atoms with Gasteiger partial charge in [-0.25, -0.2) is 0 Å². The molecule has 0 bridgehead atoms. The Kier molecular flexibility index (Phi) is 5.65. The van der Waals surface area contributed by atoms with Gasteiger partial charge in [0.25, 0.3) is 0 Å². The van der Waals surface area contributed by atoms with Gasteiger partial charge in [-0.05, 0) is 48.6 Å². The molecule has 2 aromatic rings. The number of carboxylic acids is 1. The molecule has 1 unspecified atom stereocenters. The first-order valence-electron chi connectivity index (χ1n) is 8.67. The lowest BCUT2D eigenvalue weighted by Gasteiger charge is -2.26. The molecule has 7 heteroatoms. The Bertz CT molecular complexity index is 821. The van der Waals surface area contributed by atoms with Gasteiger partial charge in [-0.1, -0.05) is 35.9 Å². The van der Waals surface area contributed by atoms with Crippen LogP contribution in [0, 0.1) is 0 Å². The highest BCUT2D eigenvalue weighted by molar-refractivity contribution is 6.32. The number of alkyl halides is 3. The van der Waals surface area contributed by atoms with E-state index in [9.17, 15) is 18.0 Å². The zero-order valence-corrected chi connectivity index (χ0v) is 15.2. The Labute approximate surface area is 160 Å². The van der Waals surface area contributed by atoms with Gasteiger partial charge in [0.15, 0.2) is 0 Å². The maximum atomic E-state index is 13.0. The maximum Gasteiger partial charge on any atom is 0.417 e. The number of hydrogen-bond donors (Lipinski definition) is 1. The fraction of sp³-hybridized carbons (Fsp3) is 0.350. The summed E-state index contributed by atoms with van der Waals surface area (Å²) in [7, 11) is 0. The normalized spacial score (nSPS) is 17.3. The first-order valence-corrected chi connectivity index (χ1v) is 9.05. The number of benzene rings is 2. The average molecular weight is 398 g/mol. The number of nitrogens with zero attached hydrogens (tertiary/aromatic N) is 1. The van der Waals surface area contributed by atoms with E-state index in [-0.39, 0.29) is 17.5 Å². The van der Waals surface area contributed by atoms with Gasteiger partial charge in [-0.3, -0.25) is 4.79 Å². The van der Waals surface area contributed by atoms with Gasteiger partial charge < -0.3 is 10.0 Å². The first-order chi connectivity index (χ1) is 12.8. The highest BCUT2D eigenvalue weighted by Gasteiger charge is 2.33. The number of aliphatic carboxylic acids is 1. The van der Waals surface area contributed by atoms with Crippen LogP contribution in [0.1, 0.15) is 36.0 Å². The van der Waals surface area contributed by atoms with Crippen molar-refractivity contribution in [1.82, 2.24) is 0 Å². The van der Waals surface area contributed by atoms with Crippen LogP contribution < -0.4 is 4.90 Å². The number of rotatable bonds is 5. The fourth-order valence-corrected chi connectivity index (χ4v) is 3.85. The summed E-state index contributed by atoms with van der Waals surface area (Å²) >= 11 is 5.96. The van der Waals surface area contributed by atoms with Crippen molar-refractivity contribution in [2.45, 2.75) is 37.9 Å². The van der Waals surface area contributed by atoms with Crippen LogP contribution in [0.3, 0.4) is 0 Å². The van der Waals surface area contributed by atoms with Crippen molar-refractivity contribution < 1.29 is 23.1 Å².